The number of hydrogen-bond donors (Lipinski definition) is 0. The molecule has 7 aromatic rings. The van der Waals surface area contributed by atoms with E-state index in [4.69, 9.17) is 33.2 Å². The lowest BCUT2D eigenvalue weighted by molar-refractivity contribution is -0.131. The Hall–Kier alpha value is -9.88. The van der Waals surface area contributed by atoms with Gasteiger partial charge in [-0.2, -0.15) is 0 Å². The van der Waals surface area contributed by atoms with Crippen LogP contribution >= 0.6 is 0 Å². The lowest BCUT2D eigenvalue weighted by Crippen LogP contribution is -2.09. The van der Waals surface area contributed by atoms with Crippen molar-refractivity contribution in [2.75, 3.05) is 7.11 Å². The maximum absolute atomic E-state index is 11.7. The molecule has 76 heavy (non-hydrogen) atoms. The zero-order valence-electron chi connectivity index (χ0n) is 43.3. The second-order valence-electron chi connectivity index (χ2n) is 17.3. The zero-order valence-corrected chi connectivity index (χ0v) is 43.3. The van der Waals surface area contributed by atoms with Gasteiger partial charge in [-0.05, 0) is 158 Å². The Morgan fingerprint density at radius 1 is 0.289 bits per heavy atom. The molecule has 0 atom stereocenters. The van der Waals surface area contributed by atoms with Gasteiger partial charge in [0.2, 0.25) is 0 Å². The van der Waals surface area contributed by atoms with Crippen molar-refractivity contribution >= 4 is 57.4 Å². The van der Waals surface area contributed by atoms with Crippen LogP contribution in [0.3, 0.4) is 0 Å². The van der Waals surface area contributed by atoms with Gasteiger partial charge in [-0.25, -0.2) is 28.8 Å². The van der Waals surface area contributed by atoms with E-state index in [9.17, 15) is 28.8 Å². The molecule has 0 unspecified atom stereocenters. The summed E-state index contributed by atoms with van der Waals surface area (Å²) in [4.78, 5) is 69.5. The molecule has 13 heteroatoms. The maximum Gasteiger partial charge on any atom is 0.338 e. The molecule has 0 saturated carbocycles. The van der Waals surface area contributed by atoms with E-state index in [2.05, 4.69) is 39.5 Å². The molecule has 0 aliphatic heterocycles. The molecule has 0 bridgehead atoms. The van der Waals surface area contributed by atoms with Gasteiger partial charge in [-0.15, -0.1) is 0 Å². The second kappa shape index (κ2) is 26.2. The highest BCUT2D eigenvalue weighted by Gasteiger charge is 2.15. The standard InChI is InChI=1S/C22H18O4.C21H20O5.C20H18O4/c1-13(2)21(23)25-17-7-9-19-15(11-17)5-6-16-12-18(8-10-20(16)19)26-22(24)14(3)4;1-13(2)20(22)25-17-9-6-15(7-10-17)16-8-11-18(19(12-16)24-5)26-21(23)14(3)4;1-13(2)19(21)23-17-9-5-15(6-10-17)16-7-11-18(12-8-16)24-20(22)14(3)4/h5-12H,1,3H2,2,4H3;6-12H,1,3H2,2,4-5H3;5-12H,1,3H2,2,4H3. The predicted molar refractivity (Wildman–Crippen MR) is 294 cm³/mol. The molecule has 0 spiro atoms. The van der Waals surface area contributed by atoms with E-state index < -0.39 is 35.8 Å². The first-order valence-corrected chi connectivity index (χ1v) is 23.2. The molecule has 0 N–H and O–H groups in total. The van der Waals surface area contributed by atoms with Gasteiger partial charge in [0.15, 0.2) is 11.5 Å². The van der Waals surface area contributed by atoms with Crippen LogP contribution in [0.5, 0.6) is 40.2 Å². The minimum atomic E-state index is -0.514. The minimum absolute atomic E-state index is 0.302. The molecule has 0 amide bonds. The number of benzene rings is 7. The average molecular weight is 1020 g/mol. The fourth-order valence-electron chi connectivity index (χ4n) is 6.39. The van der Waals surface area contributed by atoms with E-state index in [0.29, 0.717) is 73.7 Å². The van der Waals surface area contributed by atoms with Crippen LogP contribution in [0.2, 0.25) is 0 Å². The molecular formula is C63H56O13. The van der Waals surface area contributed by atoms with Crippen LogP contribution in [0.4, 0.5) is 0 Å². The Bertz CT molecular complexity index is 3290. The first kappa shape index (κ1) is 57.0. The Labute approximate surface area is 441 Å². The lowest BCUT2D eigenvalue weighted by atomic mass is 10.0. The Balaban J connectivity index is 0.000000211. The van der Waals surface area contributed by atoms with E-state index in [0.717, 1.165) is 43.8 Å². The minimum Gasteiger partial charge on any atom is -0.493 e. The third-order valence-electron chi connectivity index (χ3n) is 10.5. The first-order chi connectivity index (χ1) is 36.0. The summed E-state index contributed by atoms with van der Waals surface area (Å²) in [6, 6.07) is 41.2. The van der Waals surface area contributed by atoms with Crippen molar-refractivity contribution in [1.29, 1.82) is 0 Å². The third kappa shape index (κ3) is 16.1. The van der Waals surface area contributed by atoms with Crippen molar-refractivity contribution in [2.24, 2.45) is 0 Å². The van der Waals surface area contributed by atoms with E-state index in [1.54, 1.807) is 108 Å². The van der Waals surface area contributed by atoms with Crippen LogP contribution in [0.15, 0.2) is 212 Å². The van der Waals surface area contributed by atoms with Gasteiger partial charge in [0.1, 0.15) is 28.7 Å². The second-order valence-corrected chi connectivity index (χ2v) is 17.3. The van der Waals surface area contributed by atoms with Gasteiger partial charge in [-0.1, -0.05) is 106 Å². The Morgan fingerprint density at radius 3 is 0.855 bits per heavy atom. The summed E-state index contributed by atoms with van der Waals surface area (Å²) >= 11 is 0. The summed E-state index contributed by atoms with van der Waals surface area (Å²) in [6.07, 6.45) is 0. The highest BCUT2D eigenvalue weighted by atomic mass is 16.6. The quantitative estimate of drug-likeness (QED) is 0.0412. The van der Waals surface area contributed by atoms with Crippen LogP contribution < -0.4 is 33.2 Å². The molecule has 0 fully saturated rings. The average Bonchev–Trinajstić information content (AvgIpc) is 3.39. The molecule has 0 saturated heterocycles. The van der Waals surface area contributed by atoms with Crippen molar-refractivity contribution in [2.45, 2.75) is 41.5 Å². The fraction of sp³-hybridized carbons (Fsp3) is 0.111. The molecule has 7 rings (SSSR count). The van der Waals surface area contributed by atoms with Gasteiger partial charge in [0.05, 0.1) is 7.11 Å². The molecule has 7 aromatic carbocycles. The van der Waals surface area contributed by atoms with E-state index in [1.165, 1.54) is 7.11 Å². The monoisotopic (exact) mass is 1020 g/mol. The molecule has 386 valence electrons. The van der Waals surface area contributed by atoms with Crippen molar-refractivity contribution in [3.8, 4) is 62.5 Å². The normalized spacial score (nSPS) is 10.1. The van der Waals surface area contributed by atoms with Crippen LogP contribution in [0.25, 0.3) is 43.8 Å². The number of carbonyl (C=O) groups excluding carboxylic acids is 6. The molecule has 13 nitrogen and oxygen atoms in total. The van der Waals surface area contributed by atoms with Crippen LogP contribution in [-0.4, -0.2) is 42.9 Å². The molecular weight excluding hydrogens is 965 g/mol. The van der Waals surface area contributed by atoms with Crippen molar-refractivity contribution < 1.29 is 61.9 Å². The Kier molecular flexibility index (Phi) is 19.6. The smallest absolute Gasteiger partial charge is 0.338 e. The Morgan fingerprint density at radius 2 is 0.553 bits per heavy atom. The summed E-state index contributed by atoms with van der Waals surface area (Å²) in [5.41, 5.74) is 5.66. The summed E-state index contributed by atoms with van der Waals surface area (Å²) in [6.45, 7) is 30.9. The summed E-state index contributed by atoms with van der Waals surface area (Å²) in [5, 5.41) is 3.90. The number of ether oxygens (including phenoxy) is 7. The molecule has 0 aromatic heterocycles. The number of rotatable bonds is 15. The highest BCUT2D eigenvalue weighted by Crippen LogP contribution is 2.35. The van der Waals surface area contributed by atoms with E-state index in [-0.39, 0.29) is 0 Å². The maximum atomic E-state index is 11.7. The number of hydrogen-bond acceptors (Lipinski definition) is 13. The fourth-order valence-corrected chi connectivity index (χ4v) is 6.39. The van der Waals surface area contributed by atoms with Gasteiger partial charge in [0, 0.05) is 33.4 Å². The lowest BCUT2D eigenvalue weighted by Gasteiger charge is -2.11. The number of methoxy groups -OCH3 is 1. The van der Waals surface area contributed by atoms with Crippen LogP contribution in [-0.2, 0) is 28.8 Å². The number of fused-ring (bicyclic) bond motifs is 3. The predicted octanol–water partition coefficient (Wildman–Crippen LogP) is 13.6. The molecule has 0 aliphatic rings. The van der Waals surface area contributed by atoms with Gasteiger partial charge in [0.25, 0.3) is 0 Å². The highest BCUT2D eigenvalue weighted by molar-refractivity contribution is 6.08. The van der Waals surface area contributed by atoms with Gasteiger partial charge < -0.3 is 33.2 Å². The van der Waals surface area contributed by atoms with Gasteiger partial charge >= 0.3 is 35.8 Å². The zero-order chi connectivity index (χ0) is 55.8. The summed E-state index contributed by atoms with van der Waals surface area (Å²) in [7, 11) is 1.50. The van der Waals surface area contributed by atoms with Gasteiger partial charge in [-0.3, -0.25) is 0 Å². The molecule has 0 radical (unpaired) electrons. The van der Waals surface area contributed by atoms with Crippen LogP contribution in [0.1, 0.15) is 41.5 Å². The van der Waals surface area contributed by atoms with Crippen molar-refractivity contribution in [1.82, 2.24) is 0 Å². The largest absolute Gasteiger partial charge is 0.493 e. The number of esters is 6. The molecule has 0 heterocycles. The van der Waals surface area contributed by atoms with E-state index >= 15 is 0 Å². The SMILES string of the molecule is C=C(C)C(=O)Oc1ccc(-c2ccc(OC(=O)C(=C)C)c(OC)c2)cc1.C=C(C)C(=O)Oc1ccc(-c2ccc(OC(=O)C(=C)C)cc2)cc1.C=C(C)C(=O)Oc1ccc2c(ccc3cc(OC(=O)C(=C)C)ccc32)c1. The first-order valence-electron chi connectivity index (χ1n) is 23.2. The van der Waals surface area contributed by atoms with E-state index in [1.807, 2.05) is 72.8 Å². The summed E-state index contributed by atoms with van der Waals surface area (Å²) < 4.78 is 36.6. The van der Waals surface area contributed by atoms with Crippen LogP contribution in [0, 0.1) is 0 Å². The molecule has 0 aliphatic carbocycles. The topological polar surface area (TPSA) is 167 Å². The summed E-state index contributed by atoms with van der Waals surface area (Å²) in [5.74, 6) is 0.238. The number of carbonyl (C=O) groups is 6. The third-order valence-corrected chi connectivity index (χ3v) is 10.5. The van der Waals surface area contributed by atoms with Crippen molar-refractivity contribution in [3.63, 3.8) is 0 Å². The van der Waals surface area contributed by atoms with Crippen molar-refractivity contribution in [3.05, 3.63) is 212 Å².